The first-order valence-corrected chi connectivity index (χ1v) is 6.63. The van der Waals surface area contributed by atoms with Crippen LogP contribution in [0.4, 0.5) is 4.39 Å². The number of hydrogen-bond donors (Lipinski definition) is 1. The molecule has 19 heavy (non-hydrogen) atoms. The molecule has 0 bridgehead atoms. The molecule has 0 spiro atoms. The van der Waals surface area contributed by atoms with Crippen LogP contribution in [0.3, 0.4) is 0 Å². The fraction of sp³-hybridized carbons (Fsp3) is 0.143. The normalized spacial score (nSPS) is 9.79. The van der Waals surface area contributed by atoms with Gasteiger partial charge in [-0.3, -0.25) is 4.98 Å². The number of rotatable bonds is 3. The average Bonchev–Trinajstić information content (AvgIpc) is 2.43. The third kappa shape index (κ3) is 4.36. The predicted octanol–water partition coefficient (Wildman–Crippen LogP) is 2.22. The van der Waals surface area contributed by atoms with Crippen molar-refractivity contribution in [3.05, 3.63) is 53.7 Å². The molecule has 96 valence electrons. The van der Waals surface area contributed by atoms with Crippen LogP contribution in [0, 0.1) is 17.7 Å². The topological polar surface area (TPSA) is 51.8 Å². The summed E-state index contributed by atoms with van der Waals surface area (Å²) in [6, 6.07) is 4.76. The molecule has 2 aromatic rings. The van der Waals surface area contributed by atoms with Crippen molar-refractivity contribution >= 4 is 11.8 Å². The Hall–Kier alpha value is -1.90. The van der Waals surface area contributed by atoms with Crippen LogP contribution in [-0.2, 0) is 5.75 Å². The van der Waals surface area contributed by atoms with Gasteiger partial charge in [0.25, 0.3) is 0 Å². The molecular weight excluding hydrogens is 261 g/mol. The van der Waals surface area contributed by atoms with Crippen molar-refractivity contribution in [2.75, 3.05) is 6.54 Å². The predicted molar refractivity (Wildman–Crippen MR) is 73.9 cm³/mol. The maximum Gasteiger partial charge on any atom is 0.124 e. The van der Waals surface area contributed by atoms with Crippen LogP contribution in [-0.4, -0.2) is 16.5 Å². The van der Waals surface area contributed by atoms with Crippen LogP contribution in [0.1, 0.15) is 11.1 Å². The summed E-state index contributed by atoms with van der Waals surface area (Å²) in [5.74, 6) is 5.87. The molecule has 0 atom stereocenters. The maximum absolute atomic E-state index is 13.4. The molecule has 0 unspecified atom stereocenters. The molecular formula is C14H12FN3S. The molecule has 0 aliphatic carbocycles. The van der Waals surface area contributed by atoms with E-state index in [1.807, 2.05) is 6.07 Å². The van der Waals surface area contributed by atoms with Gasteiger partial charge < -0.3 is 5.73 Å². The molecule has 1 heterocycles. The first-order valence-electron chi connectivity index (χ1n) is 5.65. The summed E-state index contributed by atoms with van der Waals surface area (Å²) >= 11 is 1.50. The van der Waals surface area contributed by atoms with Crippen molar-refractivity contribution in [3.8, 4) is 11.8 Å². The minimum atomic E-state index is -0.293. The lowest BCUT2D eigenvalue weighted by Crippen LogP contribution is -1.93. The first-order chi connectivity index (χ1) is 9.28. The van der Waals surface area contributed by atoms with Gasteiger partial charge in [-0.15, -0.1) is 11.8 Å². The van der Waals surface area contributed by atoms with Crippen LogP contribution < -0.4 is 5.73 Å². The zero-order chi connectivity index (χ0) is 13.5. The molecule has 1 aromatic carbocycles. The average molecular weight is 273 g/mol. The number of nitrogens with zero attached hydrogens (tertiary/aromatic N) is 2. The summed E-state index contributed by atoms with van der Waals surface area (Å²) in [5.41, 5.74) is 6.80. The fourth-order valence-electron chi connectivity index (χ4n) is 1.48. The molecule has 0 saturated heterocycles. The largest absolute Gasteiger partial charge is 0.320 e. The summed E-state index contributed by atoms with van der Waals surface area (Å²) in [7, 11) is 0. The van der Waals surface area contributed by atoms with Crippen molar-refractivity contribution in [1.29, 1.82) is 0 Å². The second-order valence-corrected chi connectivity index (χ2v) is 4.68. The lowest BCUT2D eigenvalue weighted by Gasteiger charge is -2.02. The van der Waals surface area contributed by atoms with E-state index >= 15 is 0 Å². The van der Waals surface area contributed by atoms with Gasteiger partial charge in [-0.25, -0.2) is 9.37 Å². The summed E-state index contributed by atoms with van der Waals surface area (Å²) in [5, 5.41) is 0.807. The zero-order valence-electron chi connectivity index (χ0n) is 10.1. The molecule has 0 radical (unpaired) electrons. The molecule has 0 amide bonds. The monoisotopic (exact) mass is 273 g/mol. The van der Waals surface area contributed by atoms with E-state index < -0.39 is 0 Å². The molecule has 0 saturated carbocycles. The van der Waals surface area contributed by atoms with E-state index in [2.05, 4.69) is 21.8 Å². The molecule has 0 fully saturated rings. The molecule has 0 aliphatic rings. The number of aromatic nitrogens is 2. The minimum Gasteiger partial charge on any atom is -0.320 e. The summed E-state index contributed by atoms with van der Waals surface area (Å²) < 4.78 is 13.4. The van der Waals surface area contributed by atoms with Gasteiger partial charge in [0.2, 0.25) is 0 Å². The second-order valence-electron chi connectivity index (χ2n) is 3.69. The number of thioether (sulfide) groups is 1. The van der Waals surface area contributed by atoms with Crippen LogP contribution in [0.5, 0.6) is 0 Å². The summed E-state index contributed by atoms with van der Waals surface area (Å²) in [6.07, 6.45) is 4.93. The van der Waals surface area contributed by atoms with Gasteiger partial charge in [-0.2, -0.15) is 0 Å². The zero-order valence-corrected chi connectivity index (χ0v) is 11.0. The Bertz CT molecular complexity index is 605. The van der Waals surface area contributed by atoms with Gasteiger partial charge in [-0.1, -0.05) is 11.8 Å². The van der Waals surface area contributed by atoms with E-state index in [1.165, 1.54) is 23.9 Å². The molecule has 0 aliphatic heterocycles. The Morgan fingerprint density at radius 1 is 1.26 bits per heavy atom. The highest BCUT2D eigenvalue weighted by Crippen LogP contribution is 2.21. The molecule has 1 aromatic heterocycles. The Morgan fingerprint density at radius 2 is 2.16 bits per heavy atom. The standard InChI is InChI=1S/C14H12FN3S/c15-13-7-11(2-1-3-16)6-12(8-13)10-19-14-9-17-4-5-18-14/h4-9H,3,10,16H2. The van der Waals surface area contributed by atoms with Crippen molar-refractivity contribution in [3.63, 3.8) is 0 Å². The lowest BCUT2D eigenvalue weighted by atomic mass is 10.1. The van der Waals surface area contributed by atoms with E-state index in [0.717, 1.165) is 10.6 Å². The third-order valence-electron chi connectivity index (χ3n) is 2.22. The molecule has 2 N–H and O–H groups in total. The molecule has 2 rings (SSSR count). The maximum atomic E-state index is 13.4. The fourth-order valence-corrected chi connectivity index (χ4v) is 2.23. The Kier molecular flexibility index (Phi) is 4.90. The Labute approximate surface area is 115 Å². The van der Waals surface area contributed by atoms with Crippen molar-refractivity contribution in [2.45, 2.75) is 10.8 Å². The van der Waals surface area contributed by atoms with Crippen LogP contribution >= 0.6 is 11.8 Å². The Balaban J connectivity index is 2.10. The number of hydrogen-bond acceptors (Lipinski definition) is 4. The number of halogens is 1. The van der Waals surface area contributed by atoms with Gasteiger partial charge in [0, 0.05) is 23.7 Å². The van der Waals surface area contributed by atoms with E-state index in [-0.39, 0.29) is 12.4 Å². The van der Waals surface area contributed by atoms with Gasteiger partial charge >= 0.3 is 0 Å². The highest BCUT2D eigenvalue weighted by molar-refractivity contribution is 7.98. The van der Waals surface area contributed by atoms with E-state index in [9.17, 15) is 4.39 Å². The Morgan fingerprint density at radius 3 is 2.89 bits per heavy atom. The van der Waals surface area contributed by atoms with Crippen LogP contribution in [0.15, 0.2) is 41.8 Å². The van der Waals surface area contributed by atoms with Crippen molar-refractivity contribution in [1.82, 2.24) is 9.97 Å². The summed E-state index contributed by atoms with van der Waals surface area (Å²) in [4.78, 5) is 8.13. The highest BCUT2D eigenvalue weighted by Gasteiger charge is 2.01. The number of nitrogens with two attached hydrogens (primary N) is 1. The van der Waals surface area contributed by atoms with Gasteiger partial charge in [0.1, 0.15) is 10.8 Å². The van der Waals surface area contributed by atoms with E-state index in [0.29, 0.717) is 11.3 Å². The van der Waals surface area contributed by atoms with Crippen LogP contribution in [0.25, 0.3) is 0 Å². The van der Waals surface area contributed by atoms with Crippen molar-refractivity contribution < 1.29 is 4.39 Å². The lowest BCUT2D eigenvalue weighted by molar-refractivity contribution is 0.626. The van der Waals surface area contributed by atoms with Crippen LogP contribution in [0.2, 0.25) is 0 Å². The van der Waals surface area contributed by atoms with Gasteiger partial charge in [-0.05, 0) is 23.8 Å². The minimum absolute atomic E-state index is 0.264. The first kappa shape index (κ1) is 13.5. The van der Waals surface area contributed by atoms with E-state index in [4.69, 9.17) is 5.73 Å². The van der Waals surface area contributed by atoms with E-state index in [1.54, 1.807) is 18.6 Å². The second kappa shape index (κ2) is 6.88. The molecule has 5 heteroatoms. The quantitative estimate of drug-likeness (QED) is 0.688. The third-order valence-corrected chi connectivity index (χ3v) is 3.20. The highest BCUT2D eigenvalue weighted by atomic mass is 32.2. The van der Waals surface area contributed by atoms with Crippen molar-refractivity contribution in [2.24, 2.45) is 5.73 Å². The molecule has 3 nitrogen and oxygen atoms in total. The van der Waals surface area contributed by atoms with Gasteiger partial charge in [0.05, 0.1) is 12.7 Å². The summed E-state index contributed by atoms with van der Waals surface area (Å²) in [6.45, 7) is 0.264. The SMILES string of the molecule is NCC#Cc1cc(F)cc(CSc2cnccn2)c1. The van der Waals surface area contributed by atoms with Gasteiger partial charge in [0.15, 0.2) is 0 Å². The number of benzene rings is 1. The smallest absolute Gasteiger partial charge is 0.124 e.